The van der Waals surface area contributed by atoms with E-state index in [0.29, 0.717) is 11.3 Å². The second kappa shape index (κ2) is 6.27. The van der Waals surface area contributed by atoms with Gasteiger partial charge in [0.15, 0.2) is 0 Å². The van der Waals surface area contributed by atoms with Crippen molar-refractivity contribution in [3.63, 3.8) is 0 Å². The van der Waals surface area contributed by atoms with Gasteiger partial charge in [-0.1, -0.05) is 48.0 Å². The standard InChI is InChI=1S/C19H15N3O3S/c1-14-7-9-16(10-8-14)26(23,24)25-19-17-13-20-11-12-22(17)18(21-19)15-5-3-2-4-6-15/h2-13H,1H3. The molecule has 2 aromatic heterocycles. The van der Waals surface area contributed by atoms with E-state index in [-0.39, 0.29) is 10.8 Å². The molecule has 0 saturated heterocycles. The van der Waals surface area contributed by atoms with Crippen molar-refractivity contribution >= 4 is 15.6 Å². The lowest BCUT2D eigenvalue weighted by molar-refractivity contribution is 0.480. The molecular formula is C19H15N3O3S. The Morgan fingerprint density at radius 2 is 1.73 bits per heavy atom. The van der Waals surface area contributed by atoms with E-state index in [0.717, 1.165) is 11.1 Å². The van der Waals surface area contributed by atoms with Gasteiger partial charge in [-0.05, 0) is 19.1 Å². The van der Waals surface area contributed by atoms with Crippen molar-refractivity contribution in [3.05, 3.63) is 78.8 Å². The number of rotatable bonds is 4. The predicted octanol–water partition coefficient (Wildman–Crippen LogP) is 3.47. The van der Waals surface area contributed by atoms with E-state index >= 15 is 0 Å². The molecule has 0 N–H and O–H groups in total. The molecule has 0 atom stereocenters. The topological polar surface area (TPSA) is 73.6 Å². The lowest BCUT2D eigenvalue weighted by Gasteiger charge is -2.05. The van der Waals surface area contributed by atoms with Gasteiger partial charge in [0.05, 0.1) is 6.20 Å². The Balaban J connectivity index is 1.81. The molecule has 130 valence electrons. The van der Waals surface area contributed by atoms with Crippen LogP contribution in [0.15, 0.2) is 78.1 Å². The number of fused-ring (bicyclic) bond motifs is 1. The molecule has 0 aliphatic heterocycles. The van der Waals surface area contributed by atoms with Gasteiger partial charge in [0.25, 0.3) is 5.88 Å². The molecule has 7 heteroatoms. The van der Waals surface area contributed by atoms with Gasteiger partial charge in [-0.2, -0.15) is 13.4 Å². The molecule has 0 amide bonds. The number of nitrogens with zero attached hydrogens (tertiary/aromatic N) is 3. The molecule has 0 fully saturated rings. The first-order valence-electron chi connectivity index (χ1n) is 7.93. The van der Waals surface area contributed by atoms with Gasteiger partial charge in [-0.25, -0.2) is 0 Å². The van der Waals surface area contributed by atoms with Crippen LogP contribution in [0.5, 0.6) is 5.88 Å². The molecule has 0 aliphatic rings. The highest BCUT2D eigenvalue weighted by molar-refractivity contribution is 7.87. The quantitative estimate of drug-likeness (QED) is 0.518. The third-order valence-corrected chi connectivity index (χ3v) is 5.17. The normalized spacial score (nSPS) is 11.6. The second-order valence-electron chi connectivity index (χ2n) is 5.79. The van der Waals surface area contributed by atoms with Crippen molar-refractivity contribution in [2.45, 2.75) is 11.8 Å². The van der Waals surface area contributed by atoms with Crippen molar-refractivity contribution in [2.24, 2.45) is 0 Å². The van der Waals surface area contributed by atoms with Gasteiger partial charge in [-0.15, -0.1) is 0 Å². The molecule has 0 unspecified atom stereocenters. The van der Waals surface area contributed by atoms with Gasteiger partial charge in [0.1, 0.15) is 16.2 Å². The van der Waals surface area contributed by atoms with E-state index in [1.54, 1.807) is 28.9 Å². The van der Waals surface area contributed by atoms with Crippen LogP contribution in [-0.4, -0.2) is 22.8 Å². The largest absolute Gasteiger partial charge is 0.356 e. The molecule has 6 nitrogen and oxygen atoms in total. The summed E-state index contributed by atoms with van der Waals surface area (Å²) in [6, 6.07) is 15.9. The average molecular weight is 365 g/mol. The molecule has 4 aromatic rings. The monoisotopic (exact) mass is 365 g/mol. The Morgan fingerprint density at radius 1 is 1.00 bits per heavy atom. The molecule has 2 aromatic carbocycles. The molecular weight excluding hydrogens is 350 g/mol. The van der Waals surface area contributed by atoms with Crippen LogP contribution in [0.25, 0.3) is 16.9 Å². The summed E-state index contributed by atoms with van der Waals surface area (Å²) in [5, 5.41) is 0. The number of aryl methyl sites for hydroxylation is 1. The van der Waals surface area contributed by atoms with Gasteiger partial charge < -0.3 is 4.18 Å². The molecule has 2 heterocycles. The summed E-state index contributed by atoms with van der Waals surface area (Å²) in [5.41, 5.74) is 2.28. The van der Waals surface area contributed by atoms with Crippen LogP contribution < -0.4 is 4.18 Å². The molecule has 26 heavy (non-hydrogen) atoms. The van der Waals surface area contributed by atoms with Crippen molar-refractivity contribution in [3.8, 4) is 17.3 Å². The van der Waals surface area contributed by atoms with Crippen LogP contribution >= 0.6 is 0 Å². The van der Waals surface area contributed by atoms with Crippen molar-refractivity contribution < 1.29 is 12.6 Å². The van der Waals surface area contributed by atoms with Gasteiger partial charge in [-0.3, -0.25) is 9.38 Å². The lowest BCUT2D eigenvalue weighted by atomic mass is 10.2. The first kappa shape index (κ1) is 16.3. The van der Waals surface area contributed by atoms with Crippen LogP contribution in [0, 0.1) is 6.92 Å². The minimum absolute atomic E-state index is 0.00229. The second-order valence-corrected chi connectivity index (χ2v) is 7.33. The van der Waals surface area contributed by atoms with Crippen LogP contribution in [0.3, 0.4) is 0 Å². The zero-order chi connectivity index (χ0) is 18.1. The number of aromatic nitrogens is 3. The van der Waals surface area contributed by atoms with E-state index in [2.05, 4.69) is 9.97 Å². The average Bonchev–Trinajstić information content (AvgIpc) is 3.01. The summed E-state index contributed by atoms with van der Waals surface area (Å²) in [4.78, 5) is 8.55. The highest BCUT2D eigenvalue weighted by Gasteiger charge is 2.22. The maximum Gasteiger partial charge on any atom is 0.340 e. The van der Waals surface area contributed by atoms with E-state index in [9.17, 15) is 8.42 Å². The first-order chi connectivity index (χ1) is 12.5. The fourth-order valence-corrected chi connectivity index (χ4v) is 3.52. The summed E-state index contributed by atoms with van der Waals surface area (Å²) < 4.78 is 32.3. The lowest BCUT2D eigenvalue weighted by Crippen LogP contribution is -2.10. The van der Waals surface area contributed by atoms with Gasteiger partial charge in [0.2, 0.25) is 0 Å². The molecule has 4 rings (SSSR count). The Bertz CT molecular complexity index is 1170. The Morgan fingerprint density at radius 3 is 2.46 bits per heavy atom. The molecule has 0 saturated carbocycles. The van der Waals surface area contributed by atoms with Crippen LogP contribution in [0.4, 0.5) is 0 Å². The third kappa shape index (κ3) is 2.93. The van der Waals surface area contributed by atoms with Crippen molar-refractivity contribution in [2.75, 3.05) is 0 Å². The maximum absolute atomic E-state index is 12.6. The van der Waals surface area contributed by atoms with Crippen LogP contribution in [0.1, 0.15) is 5.56 Å². The molecule has 0 aliphatic carbocycles. The van der Waals surface area contributed by atoms with Crippen LogP contribution in [-0.2, 0) is 10.1 Å². The minimum atomic E-state index is -3.99. The van der Waals surface area contributed by atoms with Crippen LogP contribution in [0.2, 0.25) is 0 Å². The summed E-state index contributed by atoms with van der Waals surface area (Å²) in [6.07, 6.45) is 4.86. The fourth-order valence-electron chi connectivity index (χ4n) is 2.62. The van der Waals surface area contributed by atoms with Crippen molar-refractivity contribution in [1.29, 1.82) is 0 Å². The number of hydrogen-bond acceptors (Lipinski definition) is 5. The summed E-state index contributed by atoms with van der Waals surface area (Å²) >= 11 is 0. The third-order valence-electron chi connectivity index (χ3n) is 3.94. The van der Waals surface area contributed by atoms with E-state index < -0.39 is 10.1 Å². The minimum Gasteiger partial charge on any atom is -0.356 e. The zero-order valence-electron chi connectivity index (χ0n) is 13.9. The first-order valence-corrected chi connectivity index (χ1v) is 9.34. The van der Waals surface area contributed by atoms with E-state index in [1.165, 1.54) is 18.3 Å². The number of benzene rings is 2. The SMILES string of the molecule is Cc1ccc(S(=O)(=O)Oc2nc(-c3ccccc3)n3ccncc23)cc1. The fraction of sp³-hybridized carbons (Fsp3) is 0.0526. The summed E-state index contributed by atoms with van der Waals surface area (Å²) in [5.74, 6) is 0.578. The molecule has 0 radical (unpaired) electrons. The highest BCUT2D eigenvalue weighted by Crippen LogP contribution is 2.28. The smallest absolute Gasteiger partial charge is 0.340 e. The Kier molecular flexibility index (Phi) is 3.93. The Labute approximate surface area is 150 Å². The highest BCUT2D eigenvalue weighted by atomic mass is 32.2. The number of imidazole rings is 1. The van der Waals surface area contributed by atoms with Gasteiger partial charge >= 0.3 is 10.1 Å². The summed E-state index contributed by atoms with van der Waals surface area (Å²) in [7, 11) is -3.99. The molecule has 0 bridgehead atoms. The van der Waals surface area contributed by atoms with E-state index in [4.69, 9.17) is 4.18 Å². The van der Waals surface area contributed by atoms with Gasteiger partial charge in [0, 0.05) is 18.0 Å². The predicted molar refractivity (Wildman–Crippen MR) is 97.4 cm³/mol. The molecule has 0 spiro atoms. The maximum atomic E-state index is 12.6. The Hall–Kier alpha value is -3.19. The van der Waals surface area contributed by atoms with Crippen molar-refractivity contribution in [1.82, 2.24) is 14.4 Å². The zero-order valence-corrected chi connectivity index (χ0v) is 14.7. The number of hydrogen-bond donors (Lipinski definition) is 0. The summed E-state index contributed by atoms with van der Waals surface area (Å²) in [6.45, 7) is 1.89. The van der Waals surface area contributed by atoms with E-state index in [1.807, 2.05) is 37.3 Å².